The second-order valence-corrected chi connectivity index (χ2v) is 7.86. The largest absolute Gasteiger partial charge is 0.497 e. The van der Waals surface area contributed by atoms with E-state index in [-0.39, 0.29) is 0 Å². The molecule has 0 aliphatic carbocycles. The molecule has 0 saturated heterocycles. The van der Waals surface area contributed by atoms with Crippen molar-refractivity contribution < 1.29 is 14.2 Å². The molecule has 0 fully saturated rings. The second kappa shape index (κ2) is 11.2. The summed E-state index contributed by atoms with van der Waals surface area (Å²) in [6.07, 6.45) is 4.27. The molecule has 34 heavy (non-hydrogen) atoms. The quantitative estimate of drug-likeness (QED) is 0.242. The molecule has 0 heterocycles. The van der Waals surface area contributed by atoms with Crippen LogP contribution in [-0.2, 0) is 0 Å². The van der Waals surface area contributed by atoms with Crippen LogP contribution in [0, 0.1) is 0 Å². The summed E-state index contributed by atoms with van der Waals surface area (Å²) in [4.78, 5) is 0. The fraction of sp³-hybridized carbons (Fsp3) is 0.161. The molecule has 0 spiro atoms. The first-order valence-corrected chi connectivity index (χ1v) is 11.6. The number of ether oxygens (including phenoxy) is 3. The molecule has 0 bridgehead atoms. The zero-order chi connectivity index (χ0) is 23.8. The van der Waals surface area contributed by atoms with Gasteiger partial charge in [0.1, 0.15) is 17.2 Å². The lowest BCUT2D eigenvalue weighted by Gasteiger charge is -2.11. The minimum Gasteiger partial charge on any atom is -0.497 e. The number of rotatable bonds is 9. The summed E-state index contributed by atoms with van der Waals surface area (Å²) in [6.45, 7) is 5.31. The van der Waals surface area contributed by atoms with Crippen LogP contribution < -0.4 is 14.2 Å². The molecule has 0 atom stereocenters. The third-order valence-corrected chi connectivity index (χ3v) is 5.54. The predicted molar refractivity (Wildman–Crippen MR) is 142 cm³/mol. The van der Waals surface area contributed by atoms with E-state index in [0.29, 0.717) is 13.2 Å². The van der Waals surface area contributed by atoms with Gasteiger partial charge < -0.3 is 14.2 Å². The molecule has 0 saturated carbocycles. The van der Waals surface area contributed by atoms with Crippen LogP contribution in [0.15, 0.2) is 91.0 Å². The SMILES string of the molecule is CCOc1ccc(-c2cc(/C=C/c3ccc(OC)cc3)cc(-c3ccc(OCC)cc3)c2)cc1. The molecule has 0 amide bonds. The van der Waals surface area contributed by atoms with Gasteiger partial charge in [0.15, 0.2) is 0 Å². The smallest absolute Gasteiger partial charge is 0.119 e. The van der Waals surface area contributed by atoms with Gasteiger partial charge in [-0.2, -0.15) is 0 Å². The van der Waals surface area contributed by atoms with E-state index in [1.165, 1.54) is 0 Å². The summed E-state index contributed by atoms with van der Waals surface area (Å²) in [5, 5.41) is 0. The van der Waals surface area contributed by atoms with Gasteiger partial charge in [-0.1, -0.05) is 48.6 Å². The molecule has 3 heteroatoms. The Hall–Kier alpha value is -3.98. The number of methoxy groups -OCH3 is 1. The fourth-order valence-corrected chi connectivity index (χ4v) is 3.81. The maximum atomic E-state index is 5.62. The molecular formula is C31H30O3. The molecule has 0 N–H and O–H groups in total. The molecule has 172 valence electrons. The highest BCUT2D eigenvalue weighted by atomic mass is 16.5. The molecule has 3 nitrogen and oxygen atoms in total. The Morgan fingerprint density at radius 3 is 1.38 bits per heavy atom. The van der Waals surface area contributed by atoms with Crippen molar-refractivity contribution >= 4 is 12.2 Å². The van der Waals surface area contributed by atoms with Crippen molar-refractivity contribution in [1.29, 1.82) is 0 Å². The van der Waals surface area contributed by atoms with Crippen LogP contribution >= 0.6 is 0 Å². The van der Waals surface area contributed by atoms with Crippen molar-refractivity contribution in [2.45, 2.75) is 13.8 Å². The van der Waals surface area contributed by atoms with Gasteiger partial charge in [-0.25, -0.2) is 0 Å². The standard InChI is InChI=1S/C31H30O3/c1-4-33-30-16-10-25(11-17-30)27-20-24(7-6-23-8-14-29(32-3)15-9-23)21-28(22-27)26-12-18-31(19-13-26)34-5-2/h6-22H,4-5H2,1-3H3/b7-6+. The lowest BCUT2D eigenvalue weighted by atomic mass is 9.95. The monoisotopic (exact) mass is 450 g/mol. The first-order chi connectivity index (χ1) is 16.7. The third kappa shape index (κ3) is 5.87. The van der Waals surface area contributed by atoms with E-state index in [9.17, 15) is 0 Å². The summed E-state index contributed by atoms with van der Waals surface area (Å²) >= 11 is 0. The maximum Gasteiger partial charge on any atom is 0.119 e. The summed E-state index contributed by atoms with van der Waals surface area (Å²) in [6, 6.07) is 31.3. The Kier molecular flexibility index (Phi) is 7.67. The van der Waals surface area contributed by atoms with Crippen molar-refractivity contribution in [3.8, 4) is 39.5 Å². The number of hydrogen-bond donors (Lipinski definition) is 0. The van der Waals surface area contributed by atoms with Crippen LogP contribution in [0.3, 0.4) is 0 Å². The van der Waals surface area contributed by atoms with Gasteiger partial charge >= 0.3 is 0 Å². The highest BCUT2D eigenvalue weighted by molar-refractivity contribution is 5.80. The Morgan fingerprint density at radius 2 is 0.941 bits per heavy atom. The molecule has 4 aromatic carbocycles. The fourth-order valence-electron chi connectivity index (χ4n) is 3.81. The second-order valence-electron chi connectivity index (χ2n) is 7.86. The summed E-state index contributed by atoms with van der Waals surface area (Å²) < 4.78 is 16.5. The van der Waals surface area contributed by atoms with E-state index in [0.717, 1.165) is 50.6 Å². The highest BCUT2D eigenvalue weighted by Gasteiger charge is 2.06. The van der Waals surface area contributed by atoms with Gasteiger partial charge in [0.2, 0.25) is 0 Å². The van der Waals surface area contributed by atoms with E-state index in [1.54, 1.807) is 7.11 Å². The Balaban J connectivity index is 1.71. The van der Waals surface area contributed by atoms with Gasteiger partial charge in [0, 0.05) is 0 Å². The van der Waals surface area contributed by atoms with Crippen LogP contribution in [0.2, 0.25) is 0 Å². The van der Waals surface area contributed by atoms with E-state index in [1.807, 2.05) is 50.2 Å². The van der Waals surface area contributed by atoms with Gasteiger partial charge in [0.05, 0.1) is 20.3 Å². The van der Waals surface area contributed by atoms with E-state index >= 15 is 0 Å². The van der Waals surface area contributed by atoms with Gasteiger partial charge in [-0.3, -0.25) is 0 Å². The summed E-state index contributed by atoms with van der Waals surface area (Å²) in [7, 11) is 1.68. The average Bonchev–Trinajstić information content (AvgIpc) is 2.89. The van der Waals surface area contributed by atoms with Crippen LogP contribution in [-0.4, -0.2) is 20.3 Å². The topological polar surface area (TPSA) is 27.7 Å². The Bertz CT molecular complexity index is 1150. The van der Waals surface area contributed by atoms with Gasteiger partial charge in [-0.05, 0) is 102 Å². The zero-order valence-electron chi connectivity index (χ0n) is 20.0. The zero-order valence-corrected chi connectivity index (χ0v) is 20.0. The van der Waals surface area contributed by atoms with Gasteiger partial charge in [-0.15, -0.1) is 0 Å². The minimum atomic E-state index is 0.660. The van der Waals surface area contributed by atoms with Crippen LogP contribution in [0.4, 0.5) is 0 Å². The average molecular weight is 451 g/mol. The van der Waals surface area contributed by atoms with Crippen LogP contribution in [0.1, 0.15) is 25.0 Å². The third-order valence-electron chi connectivity index (χ3n) is 5.54. The summed E-state index contributed by atoms with van der Waals surface area (Å²) in [5.41, 5.74) is 6.86. The highest BCUT2D eigenvalue weighted by Crippen LogP contribution is 2.31. The molecular weight excluding hydrogens is 420 g/mol. The van der Waals surface area contributed by atoms with Gasteiger partial charge in [0.25, 0.3) is 0 Å². The van der Waals surface area contributed by atoms with Crippen LogP contribution in [0.25, 0.3) is 34.4 Å². The van der Waals surface area contributed by atoms with Crippen molar-refractivity contribution in [1.82, 2.24) is 0 Å². The molecule has 4 aromatic rings. The van der Waals surface area contributed by atoms with Crippen molar-refractivity contribution in [2.75, 3.05) is 20.3 Å². The van der Waals surface area contributed by atoms with E-state index in [2.05, 4.69) is 66.7 Å². The Labute approximate surface area is 202 Å². The first kappa shape index (κ1) is 23.2. The van der Waals surface area contributed by atoms with Crippen molar-refractivity contribution in [3.63, 3.8) is 0 Å². The van der Waals surface area contributed by atoms with E-state index in [4.69, 9.17) is 14.2 Å². The minimum absolute atomic E-state index is 0.660. The first-order valence-electron chi connectivity index (χ1n) is 11.6. The normalized spacial score (nSPS) is 10.9. The molecule has 0 radical (unpaired) electrons. The molecule has 4 rings (SSSR count). The molecule has 0 aromatic heterocycles. The lowest BCUT2D eigenvalue weighted by molar-refractivity contribution is 0.340. The molecule has 0 aliphatic heterocycles. The molecule has 0 unspecified atom stereocenters. The lowest BCUT2D eigenvalue weighted by Crippen LogP contribution is -1.91. The predicted octanol–water partition coefficient (Wildman–Crippen LogP) is 8.00. The van der Waals surface area contributed by atoms with Crippen molar-refractivity contribution in [3.05, 3.63) is 102 Å². The number of hydrogen-bond acceptors (Lipinski definition) is 3. The van der Waals surface area contributed by atoms with E-state index < -0.39 is 0 Å². The summed E-state index contributed by atoms with van der Waals surface area (Å²) in [5.74, 6) is 2.62. The molecule has 0 aliphatic rings. The number of benzene rings is 4. The Morgan fingerprint density at radius 1 is 0.500 bits per heavy atom. The maximum absolute atomic E-state index is 5.62. The van der Waals surface area contributed by atoms with Crippen LogP contribution in [0.5, 0.6) is 17.2 Å². The van der Waals surface area contributed by atoms with Crippen molar-refractivity contribution in [2.24, 2.45) is 0 Å².